The highest BCUT2D eigenvalue weighted by molar-refractivity contribution is 6.21. The molecule has 1 aliphatic rings. The Hall–Kier alpha value is -1.10. The molecule has 0 spiro atoms. The molecular formula is C20H29ClO4. The average Bonchev–Trinajstić information content (AvgIpc) is 2.91. The molecule has 0 radical (unpaired) electrons. The molecule has 1 aromatic rings. The van der Waals surface area contributed by atoms with E-state index in [1.807, 2.05) is 24.3 Å². The van der Waals surface area contributed by atoms with E-state index in [2.05, 4.69) is 4.74 Å². The van der Waals surface area contributed by atoms with Crippen molar-refractivity contribution in [3.05, 3.63) is 35.4 Å². The van der Waals surface area contributed by atoms with Crippen LogP contribution in [0.15, 0.2) is 24.3 Å². The van der Waals surface area contributed by atoms with Gasteiger partial charge in [0.25, 0.3) is 0 Å². The number of hydrogen-bond donors (Lipinski definition) is 2. The van der Waals surface area contributed by atoms with Gasteiger partial charge < -0.3 is 14.9 Å². The summed E-state index contributed by atoms with van der Waals surface area (Å²) in [5.41, 5.74) is 1.98. The number of halogens is 1. The molecule has 4 nitrogen and oxygen atoms in total. The van der Waals surface area contributed by atoms with Gasteiger partial charge in [0.1, 0.15) is 0 Å². The summed E-state index contributed by atoms with van der Waals surface area (Å²) in [6, 6.07) is 7.82. The van der Waals surface area contributed by atoms with E-state index in [1.54, 1.807) is 0 Å². The van der Waals surface area contributed by atoms with Gasteiger partial charge in [0, 0.05) is 17.7 Å². The van der Waals surface area contributed by atoms with Crippen LogP contribution in [0.1, 0.15) is 62.0 Å². The Kier molecular flexibility index (Phi) is 8.20. The Morgan fingerprint density at radius 3 is 2.52 bits per heavy atom. The number of rotatable bonds is 9. The molecule has 0 amide bonds. The van der Waals surface area contributed by atoms with E-state index < -0.39 is 6.10 Å². The van der Waals surface area contributed by atoms with Gasteiger partial charge in [0.15, 0.2) is 0 Å². The lowest BCUT2D eigenvalue weighted by molar-refractivity contribution is -0.140. The zero-order chi connectivity index (χ0) is 18.2. The number of carbonyl (C=O) groups excluding carboxylic acids is 1. The molecular weight excluding hydrogens is 340 g/mol. The fourth-order valence-corrected chi connectivity index (χ4v) is 4.31. The molecule has 1 fully saturated rings. The van der Waals surface area contributed by atoms with Gasteiger partial charge in [-0.25, -0.2) is 0 Å². The molecule has 0 heterocycles. The molecule has 140 valence electrons. The normalized spacial score (nSPS) is 25.9. The average molecular weight is 369 g/mol. The van der Waals surface area contributed by atoms with Crippen LogP contribution in [-0.2, 0) is 16.1 Å². The Morgan fingerprint density at radius 2 is 1.88 bits per heavy atom. The van der Waals surface area contributed by atoms with Crippen molar-refractivity contribution in [1.82, 2.24) is 0 Å². The van der Waals surface area contributed by atoms with Crippen LogP contribution in [0.3, 0.4) is 0 Å². The predicted octanol–water partition coefficient (Wildman–Crippen LogP) is 3.76. The lowest BCUT2D eigenvalue weighted by atomic mass is 9.84. The Balaban J connectivity index is 1.85. The number of methoxy groups -OCH3 is 1. The van der Waals surface area contributed by atoms with Crippen LogP contribution in [0.2, 0.25) is 0 Å². The summed E-state index contributed by atoms with van der Waals surface area (Å²) in [7, 11) is 1.42. The van der Waals surface area contributed by atoms with Gasteiger partial charge in [-0.1, -0.05) is 43.5 Å². The summed E-state index contributed by atoms with van der Waals surface area (Å²) < 4.78 is 4.64. The largest absolute Gasteiger partial charge is 0.469 e. The second-order valence-electron chi connectivity index (χ2n) is 6.94. The lowest BCUT2D eigenvalue weighted by Gasteiger charge is -2.24. The molecule has 0 aromatic heterocycles. The summed E-state index contributed by atoms with van der Waals surface area (Å²) in [5.74, 6) is 0.175. The molecule has 0 bridgehead atoms. The van der Waals surface area contributed by atoms with Crippen molar-refractivity contribution in [3.8, 4) is 0 Å². The number of aliphatic hydroxyl groups excluding tert-OH is 2. The first-order valence-corrected chi connectivity index (χ1v) is 9.59. The van der Waals surface area contributed by atoms with Crippen molar-refractivity contribution in [2.45, 2.75) is 69.0 Å². The number of carbonyl (C=O) groups is 1. The maximum Gasteiger partial charge on any atom is 0.305 e. The van der Waals surface area contributed by atoms with Crippen molar-refractivity contribution >= 4 is 17.6 Å². The highest BCUT2D eigenvalue weighted by Crippen LogP contribution is 2.45. The van der Waals surface area contributed by atoms with E-state index in [-0.39, 0.29) is 29.8 Å². The molecule has 2 unspecified atom stereocenters. The number of hydrogen-bond acceptors (Lipinski definition) is 4. The second kappa shape index (κ2) is 10.1. The molecule has 0 aliphatic heterocycles. The predicted molar refractivity (Wildman–Crippen MR) is 98.6 cm³/mol. The van der Waals surface area contributed by atoms with Crippen LogP contribution >= 0.6 is 11.6 Å². The Labute approximate surface area is 155 Å². The molecule has 1 aromatic carbocycles. The summed E-state index contributed by atoms with van der Waals surface area (Å²) in [6.07, 6.45) is 5.65. The van der Waals surface area contributed by atoms with Crippen LogP contribution in [-0.4, -0.2) is 34.8 Å². The standard InChI is InChI=1S/C20H29ClO4/c1-25-19(24)7-5-3-2-4-6-16-17(21)12-18(23)20(16)15-10-8-14(13-22)9-11-15/h8-11,16-18,20,22-23H,2-7,12-13H2,1H3/t16-,17+,18?,20?/m0/s1. The fourth-order valence-electron chi connectivity index (χ4n) is 3.84. The van der Waals surface area contributed by atoms with Gasteiger partial charge in [-0.05, 0) is 36.3 Å². The van der Waals surface area contributed by atoms with Crippen LogP contribution in [0.5, 0.6) is 0 Å². The maximum absolute atomic E-state index is 11.1. The third-order valence-electron chi connectivity index (χ3n) is 5.25. The topological polar surface area (TPSA) is 66.8 Å². The van der Waals surface area contributed by atoms with Crippen molar-refractivity contribution < 1.29 is 19.7 Å². The van der Waals surface area contributed by atoms with Crippen LogP contribution in [0.25, 0.3) is 0 Å². The first-order valence-electron chi connectivity index (χ1n) is 9.15. The molecule has 0 saturated heterocycles. The van der Waals surface area contributed by atoms with Crippen molar-refractivity contribution in [2.75, 3.05) is 7.11 Å². The lowest BCUT2D eigenvalue weighted by Crippen LogP contribution is -2.19. The minimum Gasteiger partial charge on any atom is -0.469 e. The van der Waals surface area contributed by atoms with Crippen molar-refractivity contribution in [1.29, 1.82) is 0 Å². The SMILES string of the molecule is COC(=O)CCCCCC[C@@H]1C(c2ccc(CO)cc2)C(O)C[C@H]1Cl. The van der Waals surface area contributed by atoms with Gasteiger partial charge in [0.2, 0.25) is 0 Å². The highest BCUT2D eigenvalue weighted by Gasteiger charge is 2.41. The van der Waals surface area contributed by atoms with Crippen LogP contribution in [0.4, 0.5) is 0 Å². The number of esters is 1. The summed E-state index contributed by atoms with van der Waals surface area (Å²) in [4.78, 5) is 11.1. The van der Waals surface area contributed by atoms with E-state index in [0.717, 1.165) is 43.2 Å². The maximum atomic E-state index is 11.1. The number of aliphatic hydroxyl groups is 2. The molecule has 25 heavy (non-hydrogen) atoms. The third-order valence-corrected chi connectivity index (χ3v) is 5.75. The zero-order valence-electron chi connectivity index (χ0n) is 14.9. The zero-order valence-corrected chi connectivity index (χ0v) is 15.6. The highest BCUT2D eigenvalue weighted by atomic mass is 35.5. The van der Waals surface area contributed by atoms with Gasteiger partial charge >= 0.3 is 5.97 Å². The number of alkyl halides is 1. The third kappa shape index (κ3) is 5.70. The van der Waals surface area contributed by atoms with Crippen molar-refractivity contribution in [2.24, 2.45) is 5.92 Å². The summed E-state index contributed by atoms with van der Waals surface area (Å²) >= 11 is 6.52. The monoisotopic (exact) mass is 368 g/mol. The first kappa shape index (κ1) is 20.2. The van der Waals surface area contributed by atoms with E-state index in [9.17, 15) is 15.0 Å². The smallest absolute Gasteiger partial charge is 0.305 e. The van der Waals surface area contributed by atoms with Gasteiger partial charge in [-0.15, -0.1) is 11.6 Å². The van der Waals surface area contributed by atoms with Gasteiger partial charge in [0.05, 0.1) is 19.8 Å². The first-order chi connectivity index (χ1) is 12.1. The molecule has 1 saturated carbocycles. The second-order valence-corrected chi connectivity index (χ2v) is 7.50. The van der Waals surface area contributed by atoms with Gasteiger partial charge in [-0.2, -0.15) is 0 Å². The van der Waals surface area contributed by atoms with E-state index in [0.29, 0.717) is 12.8 Å². The minimum absolute atomic E-state index is 0.00686. The van der Waals surface area contributed by atoms with Crippen molar-refractivity contribution in [3.63, 3.8) is 0 Å². The van der Waals surface area contributed by atoms with Crippen LogP contribution in [0, 0.1) is 5.92 Å². The minimum atomic E-state index is -0.410. The number of ether oxygens (including phenoxy) is 1. The molecule has 2 rings (SSSR count). The summed E-state index contributed by atoms with van der Waals surface area (Å²) in [5, 5.41) is 19.6. The van der Waals surface area contributed by atoms with Crippen LogP contribution < -0.4 is 0 Å². The van der Waals surface area contributed by atoms with E-state index in [4.69, 9.17) is 11.6 Å². The molecule has 4 atom stereocenters. The van der Waals surface area contributed by atoms with Gasteiger partial charge in [-0.3, -0.25) is 4.79 Å². The Bertz CT molecular complexity index is 531. The number of benzene rings is 1. The Morgan fingerprint density at radius 1 is 1.20 bits per heavy atom. The molecule has 2 N–H and O–H groups in total. The number of unbranched alkanes of at least 4 members (excludes halogenated alkanes) is 3. The molecule has 5 heteroatoms. The van der Waals surface area contributed by atoms with E-state index in [1.165, 1.54) is 7.11 Å². The molecule has 1 aliphatic carbocycles. The summed E-state index contributed by atoms with van der Waals surface area (Å²) in [6.45, 7) is 0.0284. The fraction of sp³-hybridized carbons (Fsp3) is 0.650. The quantitative estimate of drug-likeness (QED) is 0.395. The van der Waals surface area contributed by atoms with E-state index >= 15 is 0 Å².